The molecule has 26 heavy (non-hydrogen) atoms. The normalized spacial score (nSPS) is 25.0. The second-order valence-electron chi connectivity index (χ2n) is 7.28. The second kappa shape index (κ2) is 7.91. The number of hydrogen-bond acceptors (Lipinski definition) is 4. The second-order valence-corrected chi connectivity index (χ2v) is 8.26. The third kappa shape index (κ3) is 3.85. The minimum absolute atomic E-state index is 0.0567. The summed E-state index contributed by atoms with van der Waals surface area (Å²) in [4.78, 5) is 18.1. The van der Waals surface area contributed by atoms with Crippen molar-refractivity contribution in [1.82, 2.24) is 4.90 Å². The number of para-hydroxylation sites is 1. The van der Waals surface area contributed by atoms with Crippen LogP contribution in [-0.2, 0) is 4.79 Å². The number of carbonyl (C=O) groups excluding carboxylic acids is 1. The van der Waals surface area contributed by atoms with Crippen LogP contribution in [0.4, 0.5) is 5.69 Å². The monoisotopic (exact) mass is 372 g/mol. The van der Waals surface area contributed by atoms with Crippen molar-refractivity contribution in [3.05, 3.63) is 52.7 Å². The fraction of sp³-hybridized carbons (Fsp3) is 0.476. The molecule has 5 heteroatoms. The van der Waals surface area contributed by atoms with Crippen LogP contribution in [0.25, 0.3) is 0 Å². The predicted molar refractivity (Wildman–Crippen MR) is 108 cm³/mol. The van der Waals surface area contributed by atoms with Gasteiger partial charge in [0.05, 0.1) is 11.6 Å². The zero-order valence-electron chi connectivity index (χ0n) is 15.8. The molecule has 0 aliphatic carbocycles. The van der Waals surface area contributed by atoms with Gasteiger partial charge in [-0.05, 0) is 43.8 Å². The van der Waals surface area contributed by atoms with E-state index in [-0.39, 0.29) is 18.0 Å². The van der Waals surface area contributed by atoms with Gasteiger partial charge in [-0.1, -0.05) is 31.2 Å². The molecule has 0 saturated carbocycles. The van der Waals surface area contributed by atoms with Gasteiger partial charge in [0.1, 0.15) is 0 Å². The Morgan fingerprint density at radius 2 is 2.08 bits per heavy atom. The minimum Gasteiger partial charge on any atom is -0.387 e. The third-order valence-corrected chi connectivity index (χ3v) is 6.39. The molecule has 1 aromatic heterocycles. The van der Waals surface area contributed by atoms with Gasteiger partial charge >= 0.3 is 0 Å². The molecule has 1 saturated heterocycles. The van der Waals surface area contributed by atoms with Gasteiger partial charge in [-0.3, -0.25) is 9.69 Å². The summed E-state index contributed by atoms with van der Waals surface area (Å²) in [6, 6.07) is 14.0. The van der Waals surface area contributed by atoms with E-state index in [1.165, 1.54) is 4.88 Å². The molecule has 1 aromatic carbocycles. The van der Waals surface area contributed by atoms with Crippen LogP contribution in [0.2, 0.25) is 0 Å². The maximum absolute atomic E-state index is 12.7. The molecule has 3 rings (SSSR count). The maximum atomic E-state index is 12.7. The Hall–Kier alpha value is -1.69. The van der Waals surface area contributed by atoms with Crippen molar-refractivity contribution in [2.45, 2.75) is 51.3 Å². The number of amides is 1. The number of β-amino-alcohol motifs (C(OH)–C–C–N with tert-alkyl or cyclic N) is 1. The standard InChI is InChI=1S/C21H28N2O2S/c1-4-20(24)23(17-9-6-5-7-10-17)19-12-13-22(15-21(19,3)25)16(2)18-11-8-14-26-18/h5-11,14,16,19,25H,4,12-13,15H2,1-3H3/t16?,19-,21+/m1/s1. The van der Waals surface area contributed by atoms with Crippen LogP contribution in [0, 0.1) is 0 Å². The van der Waals surface area contributed by atoms with Gasteiger partial charge in [-0.2, -0.15) is 0 Å². The Morgan fingerprint density at radius 1 is 1.35 bits per heavy atom. The molecular formula is C21H28N2O2S. The molecule has 1 fully saturated rings. The van der Waals surface area contributed by atoms with E-state index < -0.39 is 5.60 Å². The smallest absolute Gasteiger partial charge is 0.227 e. The van der Waals surface area contributed by atoms with Crippen LogP contribution in [0.15, 0.2) is 47.8 Å². The fourth-order valence-corrected chi connectivity index (χ4v) is 4.72. The van der Waals surface area contributed by atoms with Gasteiger partial charge in [-0.25, -0.2) is 0 Å². The highest BCUT2D eigenvalue weighted by molar-refractivity contribution is 7.10. The average Bonchev–Trinajstić information content (AvgIpc) is 3.17. The Bertz CT molecular complexity index is 715. The van der Waals surface area contributed by atoms with Crippen LogP contribution in [0.1, 0.15) is 44.5 Å². The summed E-state index contributed by atoms with van der Waals surface area (Å²) in [6.07, 6.45) is 1.18. The van der Waals surface area contributed by atoms with E-state index in [1.807, 2.05) is 49.1 Å². The summed E-state index contributed by atoms with van der Waals surface area (Å²) in [5.74, 6) is 0.0567. The van der Waals surface area contributed by atoms with E-state index >= 15 is 0 Å². The first-order chi connectivity index (χ1) is 12.4. The number of anilines is 1. The number of aliphatic hydroxyl groups is 1. The molecule has 2 heterocycles. The molecule has 1 aliphatic rings. The van der Waals surface area contributed by atoms with Crippen molar-refractivity contribution in [3.8, 4) is 0 Å². The van der Waals surface area contributed by atoms with Crippen LogP contribution in [-0.4, -0.2) is 40.6 Å². The first-order valence-corrected chi connectivity index (χ1v) is 10.2. The molecule has 0 bridgehead atoms. The Labute approximate surface area is 160 Å². The number of rotatable bonds is 5. The third-order valence-electron chi connectivity index (χ3n) is 5.35. The quantitative estimate of drug-likeness (QED) is 0.860. The lowest BCUT2D eigenvalue weighted by Crippen LogP contribution is -2.62. The number of likely N-dealkylation sites (tertiary alicyclic amines) is 1. The number of benzene rings is 1. The molecule has 1 N–H and O–H groups in total. The highest BCUT2D eigenvalue weighted by Crippen LogP contribution is 2.35. The topological polar surface area (TPSA) is 43.8 Å². The van der Waals surface area contributed by atoms with Gasteiger partial charge in [0.2, 0.25) is 5.91 Å². The van der Waals surface area contributed by atoms with Crippen LogP contribution < -0.4 is 4.90 Å². The van der Waals surface area contributed by atoms with Crippen molar-refractivity contribution in [2.24, 2.45) is 0 Å². The summed E-state index contributed by atoms with van der Waals surface area (Å²) in [6.45, 7) is 7.34. The maximum Gasteiger partial charge on any atom is 0.227 e. The highest BCUT2D eigenvalue weighted by Gasteiger charge is 2.44. The number of nitrogens with zero attached hydrogens (tertiary/aromatic N) is 2. The molecule has 4 nitrogen and oxygen atoms in total. The van der Waals surface area contributed by atoms with Gasteiger partial charge < -0.3 is 10.0 Å². The molecule has 140 valence electrons. The molecule has 0 radical (unpaired) electrons. The first-order valence-electron chi connectivity index (χ1n) is 9.31. The zero-order chi connectivity index (χ0) is 18.7. The summed E-state index contributed by atoms with van der Waals surface area (Å²) >= 11 is 1.75. The molecule has 0 spiro atoms. The number of thiophene rings is 1. The van der Waals surface area contributed by atoms with E-state index in [1.54, 1.807) is 11.3 Å². The summed E-state index contributed by atoms with van der Waals surface area (Å²) in [7, 11) is 0. The Balaban J connectivity index is 1.83. The number of piperidine rings is 1. The van der Waals surface area contributed by atoms with Gasteiger partial charge in [-0.15, -0.1) is 11.3 Å². The van der Waals surface area contributed by atoms with E-state index in [2.05, 4.69) is 29.3 Å². The van der Waals surface area contributed by atoms with Crippen molar-refractivity contribution in [3.63, 3.8) is 0 Å². The molecule has 3 atom stereocenters. The van der Waals surface area contributed by atoms with Gasteiger partial charge in [0.25, 0.3) is 0 Å². The molecule has 2 aromatic rings. The summed E-state index contributed by atoms with van der Waals surface area (Å²) in [5.41, 5.74) is -0.103. The first kappa shape index (κ1) is 19.1. The van der Waals surface area contributed by atoms with Crippen LogP contribution in [0.5, 0.6) is 0 Å². The van der Waals surface area contributed by atoms with E-state index in [4.69, 9.17) is 0 Å². The van der Waals surface area contributed by atoms with Gasteiger partial charge in [0.15, 0.2) is 0 Å². The number of carbonyl (C=O) groups is 1. The van der Waals surface area contributed by atoms with Gasteiger partial charge in [0, 0.05) is 36.1 Å². The average molecular weight is 373 g/mol. The molecule has 1 amide bonds. The zero-order valence-corrected chi connectivity index (χ0v) is 16.6. The van der Waals surface area contributed by atoms with Crippen LogP contribution >= 0.6 is 11.3 Å². The minimum atomic E-state index is -0.968. The lowest BCUT2D eigenvalue weighted by atomic mass is 9.86. The summed E-state index contributed by atoms with van der Waals surface area (Å²) in [5, 5.41) is 13.4. The number of hydrogen-bond donors (Lipinski definition) is 1. The molecule has 1 aliphatic heterocycles. The van der Waals surface area contributed by atoms with Crippen molar-refractivity contribution in [1.29, 1.82) is 0 Å². The largest absolute Gasteiger partial charge is 0.387 e. The lowest BCUT2D eigenvalue weighted by Gasteiger charge is -2.49. The van der Waals surface area contributed by atoms with E-state index in [0.717, 1.165) is 18.7 Å². The Kier molecular flexibility index (Phi) is 5.80. The highest BCUT2D eigenvalue weighted by atomic mass is 32.1. The van der Waals surface area contributed by atoms with E-state index in [0.29, 0.717) is 13.0 Å². The van der Waals surface area contributed by atoms with Crippen molar-refractivity contribution >= 4 is 22.9 Å². The predicted octanol–water partition coefficient (Wildman–Crippen LogP) is 4.08. The van der Waals surface area contributed by atoms with Crippen molar-refractivity contribution in [2.75, 3.05) is 18.0 Å². The Morgan fingerprint density at radius 3 is 2.65 bits per heavy atom. The molecule has 1 unspecified atom stereocenters. The summed E-state index contributed by atoms with van der Waals surface area (Å²) < 4.78 is 0. The van der Waals surface area contributed by atoms with E-state index in [9.17, 15) is 9.90 Å². The van der Waals surface area contributed by atoms with Crippen LogP contribution in [0.3, 0.4) is 0 Å². The fourth-order valence-electron chi connectivity index (χ4n) is 3.90. The SMILES string of the molecule is CCC(=O)N(c1ccccc1)[C@@H]1CCN(C(C)c2cccs2)C[C@]1(C)O. The van der Waals surface area contributed by atoms with Crippen molar-refractivity contribution < 1.29 is 9.90 Å². The molecular weight excluding hydrogens is 344 g/mol. The lowest BCUT2D eigenvalue weighted by molar-refractivity contribution is -0.121.